The predicted octanol–water partition coefficient (Wildman–Crippen LogP) is 2.99. The van der Waals surface area contributed by atoms with Gasteiger partial charge in [0.25, 0.3) is 11.7 Å². The predicted molar refractivity (Wildman–Crippen MR) is 90.8 cm³/mol. The Hall–Kier alpha value is -2.76. The van der Waals surface area contributed by atoms with Crippen molar-refractivity contribution in [3.8, 4) is 0 Å². The Bertz CT molecular complexity index is 851. The van der Waals surface area contributed by atoms with Crippen LogP contribution >= 0.6 is 0 Å². The number of carbonyl (C=O) groups excluding carboxylic acids is 1. The molecule has 0 radical (unpaired) electrons. The summed E-state index contributed by atoms with van der Waals surface area (Å²) in [6.45, 7) is 4.36. The van der Waals surface area contributed by atoms with Crippen molar-refractivity contribution in [2.24, 2.45) is 5.92 Å². The van der Waals surface area contributed by atoms with Crippen LogP contribution in [0, 0.1) is 5.92 Å². The molecular formula is C18H19N5O. The van der Waals surface area contributed by atoms with E-state index in [0.29, 0.717) is 23.6 Å². The van der Waals surface area contributed by atoms with Gasteiger partial charge in [-0.15, -0.1) is 5.10 Å². The normalized spacial score (nSPS) is 19.6. The van der Waals surface area contributed by atoms with E-state index in [0.717, 1.165) is 6.42 Å². The monoisotopic (exact) mass is 321 g/mol. The molecule has 1 aliphatic rings. The summed E-state index contributed by atoms with van der Waals surface area (Å²) < 4.78 is 1.55. The minimum absolute atomic E-state index is 0.00512. The van der Waals surface area contributed by atoms with Gasteiger partial charge in [-0.1, -0.05) is 38.1 Å². The molecule has 0 aliphatic heterocycles. The average Bonchev–Trinajstić information content (AvgIpc) is 3.28. The summed E-state index contributed by atoms with van der Waals surface area (Å²) in [6, 6.07) is 10.4. The zero-order valence-corrected chi connectivity index (χ0v) is 13.7. The van der Waals surface area contributed by atoms with E-state index in [-0.39, 0.29) is 11.8 Å². The molecular weight excluding hydrogens is 302 g/mol. The molecule has 24 heavy (non-hydrogen) atoms. The average molecular weight is 321 g/mol. The molecule has 0 bridgehead atoms. The lowest BCUT2D eigenvalue weighted by Crippen LogP contribution is -2.15. The summed E-state index contributed by atoms with van der Waals surface area (Å²) in [5.74, 6) is 1.57. The summed E-state index contributed by atoms with van der Waals surface area (Å²) in [5, 5.41) is 7.00. The van der Waals surface area contributed by atoms with Crippen molar-refractivity contribution >= 4 is 17.6 Å². The van der Waals surface area contributed by atoms with Crippen molar-refractivity contribution in [2.45, 2.75) is 32.1 Å². The van der Waals surface area contributed by atoms with E-state index in [4.69, 9.17) is 0 Å². The Labute approximate surface area is 139 Å². The Morgan fingerprint density at radius 3 is 2.79 bits per heavy atom. The fourth-order valence-electron chi connectivity index (χ4n) is 2.97. The molecule has 2 aromatic heterocycles. The van der Waals surface area contributed by atoms with Gasteiger partial charge in [0.15, 0.2) is 0 Å². The van der Waals surface area contributed by atoms with Crippen molar-refractivity contribution in [3.05, 3.63) is 53.9 Å². The number of anilines is 1. The van der Waals surface area contributed by atoms with Crippen LogP contribution in [0.15, 0.2) is 42.7 Å². The van der Waals surface area contributed by atoms with Crippen molar-refractivity contribution in [2.75, 3.05) is 5.32 Å². The van der Waals surface area contributed by atoms with Gasteiger partial charge in [0.1, 0.15) is 0 Å². The molecule has 2 atom stereocenters. The Morgan fingerprint density at radius 1 is 1.29 bits per heavy atom. The summed E-state index contributed by atoms with van der Waals surface area (Å²) in [6.07, 6.45) is 4.27. The number of carbonyl (C=O) groups is 1. The van der Waals surface area contributed by atoms with Crippen LogP contribution in [0.25, 0.3) is 5.78 Å². The first-order valence-electron chi connectivity index (χ1n) is 8.20. The fraction of sp³-hybridized carbons (Fsp3) is 0.333. The topological polar surface area (TPSA) is 72.2 Å². The zero-order valence-electron chi connectivity index (χ0n) is 13.7. The van der Waals surface area contributed by atoms with E-state index in [2.05, 4.69) is 58.5 Å². The third-order valence-electron chi connectivity index (χ3n) is 4.51. The van der Waals surface area contributed by atoms with Crippen LogP contribution in [-0.4, -0.2) is 25.5 Å². The van der Waals surface area contributed by atoms with Crippen molar-refractivity contribution in [1.82, 2.24) is 19.6 Å². The molecule has 3 aromatic rings. The molecule has 6 heteroatoms. The van der Waals surface area contributed by atoms with Crippen LogP contribution in [0.3, 0.4) is 0 Å². The van der Waals surface area contributed by atoms with E-state index in [1.165, 1.54) is 11.1 Å². The van der Waals surface area contributed by atoms with E-state index in [1.54, 1.807) is 23.0 Å². The van der Waals surface area contributed by atoms with Gasteiger partial charge >= 0.3 is 0 Å². The smallest absolute Gasteiger partial charge is 0.253 e. The number of nitrogens with one attached hydrogen (secondary N) is 1. The van der Waals surface area contributed by atoms with E-state index >= 15 is 0 Å². The second kappa shape index (κ2) is 5.70. The highest BCUT2D eigenvalue weighted by molar-refractivity contribution is 5.94. The summed E-state index contributed by atoms with van der Waals surface area (Å²) in [4.78, 5) is 20.7. The summed E-state index contributed by atoms with van der Waals surface area (Å²) in [7, 11) is 0. The lowest BCUT2D eigenvalue weighted by Gasteiger charge is -2.06. The van der Waals surface area contributed by atoms with Crippen LogP contribution < -0.4 is 5.32 Å². The Kier molecular flexibility index (Phi) is 3.52. The molecule has 1 fully saturated rings. The number of aromatic nitrogens is 4. The lowest BCUT2D eigenvalue weighted by molar-refractivity contribution is -0.117. The van der Waals surface area contributed by atoms with Crippen LogP contribution in [0.4, 0.5) is 5.95 Å². The zero-order chi connectivity index (χ0) is 16.7. The van der Waals surface area contributed by atoms with E-state index in [1.807, 2.05) is 0 Å². The maximum absolute atomic E-state index is 12.4. The molecule has 1 N–H and O–H groups in total. The fourth-order valence-corrected chi connectivity index (χ4v) is 2.97. The van der Waals surface area contributed by atoms with Crippen LogP contribution in [-0.2, 0) is 4.79 Å². The van der Waals surface area contributed by atoms with Gasteiger partial charge in [0.05, 0.1) is 0 Å². The van der Waals surface area contributed by atoms with Crippen molar-refractivity contribution < 1.29 is 4.79 Å². The second-order valence-corrected chi connectivity index (χ2v) is 6.56. The summed E-state index contributed by atoms with van der Waals surface area (Å²) in [5.41, 5.74) is 2.55. The first-order valence-corrected chi connectivity index (χ1v) is 8.20. The lowest BCUT2D eigenvalue weighted by atomic mass is 10.00. The highest BCUT2D eigenvalue weighted by Gasteiger charge is 2.44. The van der Waals surface area contributed by atoms with Gasteiger partial charge < -0.3 is 0 Å². The van der Waals surface area contributed by atoms with Crippen LogP contribution in [0.5, 0.6) is 0 Å². The van der Waals surface area contributed by atoms with Crippen molar-refractivity contribution in [1.29, 1.82) is 0 Å². The second-order valence-electron chi connectivity index (χ2n) is 6.56. The van der Waals surface area contributed by atoms with Crippen LogP contribution in [0.2, 0.25) is 0 Å². The molecule has 0 saturated heterocycles. The molecule has 2 heterocycles. The van der Waals surface area contributed by atoms with Gasteiger partial charge in [0, 0.05) is 18.3 Å². The first kappa shape index (κ1) is 14.8. The molecule has 4 rings (SSSR count). The molecule has 1 aliphatic carbocycles. The Morgan fingerprint density at radius 2 is 2.08 bits per heavy atom. The minimum atomic E-state index is -0.0242. The number of hydrogen-bond donors (Lipinski definition) is 1. The molecule has 122 valence electrons. The van der Waals surface area contributed by atoms with Gasteiger partial charge in [-0.3, -0.25) is 10.1 Å². The van der Waals surface area contributed by atoms with E-state index in [9.17, 15) is 4.79 Å². The third-order valence-corrected chi connectivity index (χ3v) is 4.51. The molecule has 1 amide bonds. The molecule has 0 spiro atoms. The highest BCUT2D eigenvalue weighted by Crippen LogP contribution is 2.48. The van der Waals surface area contributed by atoms with E-state index < -0.39 is 0 Å². The third kappa shape index (κ3) is 2.75. The van der Waals surface area contributed by atoms with Gasteiger partial charge in [0.2, 0.25) is 5.91 Å². The van der Waals surface area contributed by atoms with Gasteiger partial charge in [-0.2, -0.15) is 4.98 Å². The van der Waals surface area contributed by atoms with Crippen molar-refractivity contribution in [3.63, 3.8) is 0 Å². The maximum Gasteiger partial charge on any atom is 0.253 e. The number of rotatable bonds is 4. The molecule has 1 aromatic carbocycles. The SMILES string of the molecule is CC(C)c1ccc([C@H]2C[C@@H]2C(=O)Nc2nc3ncccn3n2)cc1. The number of benzene rings is 1. The number of fused-ring (bicyclic) bond motifs is 1. The molecule has 1 saturated carbocycles. The Balaban J connectivity index is 1.43. The number of amides is 1. The standard InChI is InChI=1S/C18H19N5O/c1-11(2)12-4-6-13(7-5-12)14-10-15(14)16(24)20-17-21-18-19-8-3-9-23(18)22-17/h3-9,11,14-15H,10H2,1-2H3,(H,20,22,24)/t14-,15+/m1/s1. The number of nitrogens with zero attached hydrogens (tertiary/aromatic N) is 4. The largest absolute Gasteiger partial charge is 0.293 e. The summed E-state index contributed by atoms with van der Waals surface area (Å²) >= 11 is 0. The maximum atomic E-state index is 12.4. The highest BCUT2D eigenvalue weighted by atomic mass is 16.2. The minimum Gasteiger partial charge on any atom is -0.293 e. The molecule has 0 unspecified atom stereocenters. The number of hydrogen-bond acceptors (Lipinski definition) is 4. The molecule has 6 nitrogen and oxygen atoms in total. The quantitative estimate of drug-likeness (QED) is 0.802. The van der Waals surface area contributed by atoms with Gasteiger partial charge in [-0.05, 0) is 35.4 Å². The van der Waals surface area contributed by atoms with Gasteiger partial charge in [-0.25, -0.2) is 9.50 Å². The van der Waals surface area contributed by atoms with Crippen LogP contribution in [0.1, 0.15) is 43.2 Å². The first-order chi connectivity index (χ1) is 11.6.